The maximum absolute atomic E-state index is 12.7. The van der Waals surface area contributed by atoms with E-state index in [2.05, 4.69) is 17.1 Å². The molecule has 0 bridgehead atoms. The third-order valence-electron chi connectivity index (χ3n) is 6.00. The summed E-state index contributed by atoms with van der Waals surface area (Å²) in [6.45, 7) is 5.60. The second-order valence-electron chi connectivity index (χ2n) is 7.26. The van der Waals surface area contributed by atoms with Gasteiger partial charge in [-0.1, -0.05) is 13.3 Å². The zero-order valence-corrected chi connectivity index (χ0v) is 14.2. The smallest absolute Gasteiger partial charge is 0.223 e. The molecule has 3 rings (SSSR count). The molecule has 1 saturated carbocycles. The van der Waals surface area contributed by atoms with Crippen LogP contribution in [0, 0.1) is 17.8 Å². The summed E-state index contributed by atoms with van der Waals surface area (Å²) >= 11 is 0. The van der Waals surface area contributed by atoms with Gasteiger partial charge in [0, 0.05) is 19.0 Å². The number of halogens is 1. The van der Waals surface area contributed by atoms with Gasteiger partial charge in [0.2, 0.25) is 5.91 Å². The molecule has 1 N–H and O–H groups in total. The fraction of sp³-hybridized carbons (Fsp3) is 0.941. The third kappa shape index (κ3) is 3.92. The Kier molecular flexibility index (Phi) is 6.36. The van der Waals surface area contributed by atoms with Gasteiger partial charge in [0.1, 0.15) is 0 Å². The van der Waals surface area contributed by atoms with Crippen LogP contribution in [0.25, 0.3) is 0 Å². The molecule has 3 unspecified atom stereocenters. The standard InChI is InChI=1S/C17H30N2O.ClH/c1-13(14-7-9-18-10-8-14)12-17(20)19-11-3-5-15-4-2-6-16(15)19;/h13-16,18H,2-12H2,1H3;1H. The molecular weight excluding hydrogens is 284 g/mol. The molecule has 122 valence electrons. The Bertz CT molecular complexity index is 344. The first-order valence-corrected chi connectivity index (χ1v) is 8.76. The summed E-state index contributed by atoms with van der Waals surface area (Å²) in [7, 11) is 0. The predicted molar refractivity (Wildman–Crippen MR) is 88.7 cm³/mol. The largest absolute Gasteiger partial charge is 0.339 e. The van der Waals surface area contributed by atoms with Crippen LogP contribution in [0.1, 0.15) is 58.3 Å². The first kappa shape index (κ1) is 17.1. The number of hydrogen-bond acceptors (Lipinski definition) is 2. The number of carbonyl (C=O) groups is 1. The van der Waals surface area contributed by atoms with Gasteiger partial charge in [-0.05, 0) is 69.4 Å². The maximum atomic E-state index is 12.7. The minimum Gasteiger partial charge on any atom is -0.339 e. The summed E-state index contributed by atoms with van der Waals surface area (Å²) < 4.78 is 0. The van der Waals surface area contributed by atoms with E-state index in [1.807, 2.05) is 0 Å². The van der Waals surface area contributed by atoms with Crippen molar-refractivity contribution in [2.24, 2.45) is 17.8 Å². The van der Waals surface area contributed by atoms with Crippen LogP contribution in [-0.2, 0) is 4.79 Å². The van der Waals surface area contributed by atoms with Crippen molar-refractivity contribution in [3.8, 4) is 0 Å². The van der Waals surface area contributed by atoms with E-state index in [9.17, 15) is 4.79 Å². The van der Waals surface area contributed by atoms with Crippen molar-refractivity contribution < 1.29 is 4.79 Å². The van der Waals surface area contributed by atoms with Crippen molar-refractivity contribution >= 4 is 18.3 Å². The molecule has 0 spiro atoms. The number of carbonyl (C=O) groups excluding carboxylic acids is 1. The van der Waals surface area contributed by atoms with E-state index in [1.54, 1.807) is 0 Å². The molecule has 3 nitrogen and oxygen atoms in total. The van der Waals surface area contributed by atoms with Gasteiger partial charge in [0.15, 0.2) is 0 Å². The lowest BCUT2D eigenvalue weighted by molar-refractivity contribution is -0.137. The Morgan fingerprint density at radius 3 is 2.62 bits per heavy atom. The lowest BCUT2D eigenvalue weighted by Gasteiger charge is -2.39. The molecule has 3 fully saturated rings. The van der Waals surface area contributed by atoms with Crippen molar-refractivity contribution in [1.29, 1.82) is 0 Å². The molecule has 3 atom stereocenters. The fourth-order valence-corrected chi connectivity index (χ4v) is 4.74. The Morgan fingerprint density at radius 1 is 1.14 bits per heavy atom. The van der Waals surface area contributed by atoms with Crippen LogP contribution in [0.5, 0.6) is 0 Å². The molecular formula is C17H31ClN2O. The average Bonchev–Trinajstić information content (AvgIpc) is 2.96. The quantitative estimate of drug-likeness (QED) is 0.867. The third-order valence-corrected chi connectivity index (χ3v) is 6.00. The Labute approximate surface area is 135 Å². The van der Waals surface area contributed by atoms with Gasteiger partial charge in [0.05, 0.1) is 0 Å². The monoisotopic (exact) mass is 314 g/mol. The first-order valence-electron chi connectivity index (χ1n) is 8.76. The van der Waals surface area contributed by atoms with E-state index < -0.39 is 0 Å². The van der Waals surface area contributed by atoms with E-state index in [1.165, 1.54) is 44.9 Å². The molecule has 1 amide bonds. The Hall–Kier alpha value is -0.280. The first-order chi connectivity index (χ1) is 9.75. The van der Waals surface area contributed by atoms with E-state index in [4.69, 9.17) is 0 Å². The summed E-state index contributed by atoms with van der Waals surface area (Å²) in [5, 5.41) is 3.42. The number of nitrogens with one attached hydrogen (secondary N) is 1. The lowest BCUT2D eigenvalue weighted by atomic mass is 9.83. The number of piperidine rings is 2. The zero-order valence-electron chi connectivity index (χ0n) is 13.4. The molecule has 2 heterocycles. The van der Waals surface area contributed by atoms with E-state index >= 15 is 0 Å². The second-order valence-corrected chi connectivity index (χ2v) is 7.26. The van der Waals surface area contributed by atoms with Crippen LogP contribution in [0.4, 0.5) is 0 Å². The van der Waals surface area contributed by atoms with Crippen molar-refractivity contribution in [2.45, 2.75) is 64.3 Å². The van der Waals surface area contributed by atoms with E-state index in [0.717, 1.165) is 37.9 Å². The lowest BCUT2D eigenvalue weighted by Crippen LogP contribution is -2.47. The minimum absolute atomic E-state index is 0. The van der Waals surface area contributed by atoms with Crippen molar-refractivity contribution in [2.75, 3.05) is 19.6 Å². The highest BCUT2D eigenvalue weighted by Crippen LogP contribution is 2.37. The molecule has 21 heavy (non-hydrogen) atoms. The Morgan fingerprint density at radius 2 is 1.86 bits per heavy atom. The van der Waals surface area contributed by atoms with Gasteiger partial charge in [-0.2, -0.15) is 0 Å². The summed E-state index contributed by atoms with van der Waals surface area (Å²) in [5.41, 5.74) is 0. The van der Waals surface area contributed by atoms with E-state index in [-0.39, 0.29) is 12.4 Å². The fourth-order valence-electron chi connectivity index (χ4n) is 4.74. The molecule has 0 aromatic heterocycles. The number of hydrogen-bond donors (Lipinski definition) is 1. The number of likely N-dealkylation sites (tertiary alicyclic amines) is 1. The minimum atomic E-state index is 0. The Balaban J connectivity index is 0.00000161. The van der Waals surface area contributed by atoms with Gasteiger partial charge in [-0.3, -0.25) is 4.79 Å². The highest BCUT2D eigenvalue weighted by atomic mass is 35.5. The molecule has 0 radical (unpaired) electrons. The molecule has 2 saturated heterocycles. The molecule has 3 aliphatic rings. The summed E-state index contributed by atoms with van der Waals surface area (Å²) in [5.74, 6) is 2.59. The highest BCUT2D eigenvalue weighted by molar-refractivity contribution is 5.85. The molecule has 2 aliphatic heterocycles. The predicted octanol–water partition coefficient (Wildman–Crippen LogP) is 3.23. The van der Waals surface area contributed by atoms with Crippen LogP contribution < -0.4 is 5.32 Å². The zero-order chi connectivity index (χ0) is 13.9. The summed E-state index contributed by atoms with van der Waals surface area (Å²) in [6.07, 6.45) is 9.83. The molecule has 0 aromatic carbocycles. The number of amides is 1. The van der Waals surface area contributed by atoms with Gasteiger partial charge in [0.25, 0.3) is 0 Å². The van der Waals surface area contributed by atoms with Crippen LogP contribution in [0.3, 0.4) is 0 Å². The van der Waals surface area contributed by atoms with E-state index in [0.29, 0.717) is 17.9 Å². The van der Waals surface area contributed by atoms with Gasteiger partial charge in [-0.15, -0.1) is 12.4 Å². The maximum Gasteiger partial charge on any atom is 0.223 e. The van der Waals surface area contributed by atoms with Crippen molar-refractivity contribution in [3.63, 3.8) is 0 Å². The number of rotatable bonds is 3. The van der Waals surface area contributed by atoms with Crippen LogP contribution >= 0.6 is 12.4 Å². The van der Waals surface area contributed by atoms with Crippen molar-refractivity contribution in [1.82, 2.24) is 10.2 Å². The van der Waals surface area contributed by atoms with Crippen LogP contribution in [0.2, 0.25) is 0 Å². The number of fused-ring (bicyclic) bond motifs is 1. The van der Waals surface area contributed by atoms with Gasteiger partial charge >= 0.3 is 0 Å². The van der Waals surface area contributed by atoms with Crippen LogP contribution in [-0.4, -0.2) is 36.5 Å². The topological polar surface area (TPSA) is 32.3 Å². The SMILES string of the molecule is CC(CC(=O)N1CCCC2CCCC21)C1CCNCC1.Cl. The van der Waals surface area contributed by atoms with Gasteiger partial charge in [-0.25, -0.2) is 0 Å². The van der Waals surface area contributed by atoms with Crippen LogP contribution in [0.15, 0.2) is 0 Å². The highest BCUT2D eigenvalue weighted by Gasteiger charge is 2.37. The molecule has 0 aromatic rings. The second kappa shape index (κ2) is 7.82. The summed E-state index contributed by atoms with van der Waals surface area (Å²) in [6, 6.07) is 0.594. The van der Waals surface area contributed by atoms with Crippen molar-refractivity contribution in [3.05, 3.63) is 0 Å². The number of nitrogens with zero attached hydrogens (tertiary/aromatic N) is 1. The molecule has 1 aliphatic carbocycles. The summed E-state index contributed by atoms with van der Waals surface area (Å²) in [4.78, 5) is 15.0. The average molecular weight is 315 g/mol. The molecule has 4 heteroatoms. The van der Waals surface area contributed by atoms with Gasteiger partial charge < -0.3 is 10.2 Å². The normalized spacial score (nSPS) is 31.4.